The number of hydrogen-bond acceptors (Lipinski definition) is 6. The highest BCUT2D eigenvalue weighted by Gasteiger charge is 2.40. The molecule has 0 spiro atoms. The van der Waals surface area contributed by atoms with E-state index in [-0.39, 0.29) is 24.2 Å². The molecule has 27 heavy (non-hydrogen) atoms. The summed E-state index contributed by atoms with van der Waals surface area (Å²) < 4.78 is 5.59. The van der Waals surface area contributed by atoms with Crippen LogP contribution in [-0.4, -0.2) is 62.6 Å². The number of nitrogens with zero attached hydrogens (tertiary/aromatic N) is 1. The van der Waals surface area contributed by atoms with E-state index >= 15 is 0 Å². The number of rotatable bonds is 4. The maximum absolute atomic E-state index is 12.2. The lowest BCUT2D eigenvalue weighted by Crippen LogP contribution is -2.50. The number of hydroxylamine groups is 1. The molecule has 0 bridgehead atoms. The van der Waals surface area contributed by atoms with Crippen LogP contribution < -0.4 is 16.1 Å². The highest BCUT2D eigenvalue weighted by Crippen LogP contribution is 2.32. The summed E-state index contributed by atoms with van der Waals surface area (Å²) in [5, 5.41) is 7.31. The summed E-state index contributed by atoms with van der Waals surface area (Å²) in [6.45, 7) is 9.65. The van der Waals surface area contributed by atoms with E-state index in [4.69, 9.17) is 9.57 Å². The molecule has 0 aromatic carbocycles. The fraction of sp³-hybridized carbons (Fsp3) is 0.950. The van der Waals surface area contributed by atoms with Gasteiger partial charge in [0.15, 0.2) is 0 Å². The summed E-state index contributed by atoms with van der Waals surface area (Å²) in [5.41, 5.74) is 3.26. The third-order valence-corrected chi connectivity index (χ3v) is 6.96. The van der Waals surface area contributed by atoms with Crippen molar-refractivity contribution in [1.29, 1.82) is 0 Å². The molecular formula is C20H36N4O3. The van der Waals surface area contributed by atoms with Gasteiger partial charge in [-0.2, -0.15) is 5.48 Å². The lowest BCUT2D eigenvalue weighted by Gasteiger charge is -2.36. The van der Waals surface area contributed by atoms with Crippen LogP contribution in [0.15, 0.2) is 0 Å². The molecule has 0 aromatic rings. The first-order chi connectivity index (χ1) is 13.1. The number of amides is 1. The van der Waals surface area contributed by atoms with Crippen LogP contribution in [0, 0.1) is 29.6 Å². The first-order valence-corrected chi connectivity index (χ1v) is 10.9. The molecule has 4 rings (SSSR count). The second-order valence-electron chi connectivity index (χ2n) is 9.16. The van der Waals surface area contributed by atoms with E-state index in [2.05, 4.69) is 16.1 Å². The molecule has 1 amide bonds. The first-order valence-electron chi connectivity index (χ1n) is 10.9. The van der Waals surface area contributed by atoms with E-state index in [0.717, 1.165) is 52.2 Å². The van der Waals surface area contributed by atoms with Gasteiger partial charge in [-0.25, -0.2) is 0 Å². The summed E-state index contributed by atoms with van der Waals surface area (Å²) >= 11 is 0. The molecule has 0 radical (unpaired) electrons. The molecule has 0 aliphatic carbocycles. The van der Waals surface area contributed by atoms with Crippen molar-refractivity contribution in [1.82, 2.24) is 21.0 Å². The van der Waals surface area contributed by atoms with E-state index in [9.17, 15) is 4.79 Å². The van der Waals surface area contributed by atoms with Gasteiger partial charge in [0.1, 0.15) is 6.23 Å². The largest absolute Gasteiger partial charge is 0.381 e. The Morgan fingerprint density at radius 3 is 2.52 bits per heavy atom. The molecule has 154 valence electrons. The van der Waals surface area contributed by atoms with E-state index in [1.807, 2.05) is 18.7 Å². The van der Waals surface area contributed by atoms with Crippen LogP contribution in [0.4, 0.5) is 0 Å². The second kappa shape index (κ2) is 8.74. The zero-order valence-corrected chi connectivity index (χ0v) is 16.8. The normalized spacial score (nSPS) is 38.6. The summed E-state index contributed by atoms with van der Waals surface area (Å²) in [6.07, 6.45) is 4.74. The Morgan fingerprint density at radius 1 is 1.04 bits per heavy atom. The minimum absolute atomic E-state index is 0.0722. The molecule has 0 aromatic heterocycles. The number of likely N-dealkylation sites (tertiary alicyclic amines) is 1. The average Bonchev–Trinajstić information content (AvgIpc) is 3.40. The topological polar surface area (TPSA) is 74.9 Å². The number of ether oxygens (including phenoxy) is 1. The first kappa shape index (κ1) is 19.6. The van der Waals surface area contributed by atoms with Crippen molar-refractivity contribution in [2.75, 3.05) is 39.4 Å². The van der Waals surface area contributed by atoms with Crippen LogP contribution in [0.5, 0.6) is 0 Å². The average molecular weight is 381 g/mol. The Balaban J connectivity index is 1.25. The van der Waals surface area contributed by atoms with Crippen LogP contribution in [0.2, 0.25) is 0 Å². The van der Waals surface area contributed by atoms with Gasteiger partial charge in [-0.1, -0.05) is 13.8 Å². The van der Waals surface area contributed by atoms with Crippen molar-refractivity contribution in [2.24, 2.45) is 29.6 Å². The third kappa shape index (κ3) is 4.48. The lowest BCUT2D eigenvalue weighted by molar-refractivity contribution is -0.136. The van der Waals surface area contributed by atoms with E-state index in [0.29, 0.717) is 23.7 Å². The Kier molecular flexibility index (Phi) is 6.34. The summed E-state index contributed by atoms with van der Waals surface area (Å²) in [7, 11) is 0. The van der Waals surface area contributed by atoms with Gasteiger partial charge in [0.05, 0.1) is 6.17 Å². The van der Waals surface area contributed by atoms with Crippen LogP contribution in [-0.2, 0) is 14.4 Å². The van der Waals surface area contributed by atoms with Gasteiger partial charge in [-0.05, 0) is 50.0 Å². The predicted molar refractivity (Wildman–Crippen MR) is 102 cm³/mol. The lowest BCUT2D eigenvalue weighted by atomic mass is 9.80. The molecule has 4 saturated heterocycles. The number of carbonyl (C=O) groups excluding carboxylic acids is 1. The Hall–Kier alpha value is -0.730. The summed E-state index contributed by atoms with van der Waals surface area (Å²) in [4.78, 5) is 20.2. The quantitative estimate of drug-likeness (QED) is 0.674. The van der Waals surface area contributed by atoms with Crippen molar-refractivity contribution in [3.05, 3.63) is 0 Å². The molecule has 7 nitrogen and oxygen atoms in total. The van der Waals surface area contributed by atoms with Crippen molar-refractivity contribution >= 4 is 5.91 Å². The third-order valence-electron chi connectivity index (χ3n) is 6.96. The standard InChI is InChI=1S/C20H36N4O3/c1-13(2)20(25)24-6-3-14(4-7-24)18-22-19(27-23-18)17-9-16(10-21-11-17)15-5-8-26-12-15/h13-19,21-23H,3-12H2,1-2H3. The Bertz CT molecular complexity index is 503. The van der Waals surface area contributed by atoms with Crippen molar-refractivity contribution in [3.63, 3.8) is 0 Å². The van der Waals surface area contributed by atoms with Gasteiger partial charge in [-0.15, -0.1) is 0 Å². The van der Waals surface area contributed by atoms with Crippen molar-refractivity contribution in [2.45, 2.75) is 51.9 Å². The van der Waals surface area contributed by atoms with Gasteiger partial charge in [0, 0.05) is 44.7 Å². The van der Waals surface area contributed by atoms with Crippen molar-refractivity contribution in [3.8, 4) is 0 Å². The van der Waals surface area contributed by atoms with E-state index in [1.54, 1.807) is 0 Å². The summed E-state index contributed by atoms with van der Waals surface area (Å²) in [6, 6.07) is 0. The zero-order chi connectivity index (χ0) is 18.8. The molecule has 4 heterocycles. The molecule has 4 aliphatic rings. The second-order valence-corrected chi connectivity index (χ2v) is 9.16. The zero-order valence-electron chi connectivity index (χ0n) is 16.8. The number of carbonyl (C=O) groups is 1. The molecule has 4 aliphatic heterocycles. The molecule has 4 fully saturated rings. The number of hydrogen-bond donors (Lipinski definition) is 3. The molecule has 5 atom stereocenters. The maximum Gasteiger partial charge on any atom is 0.225 e. The van der Waals surface area contributed by atoms with Crippen LogP contribution >= 0.6 is 0 Å². The van der Waals surface area contributed by atoms with Gasteiger partial charge in [0.2, 0.25) is 5.91 Å². The molecule has 5 unspecified atom stereocenters. The Morgan fingerprint density at radius 2 is 1.81 bits per heavy atom. The van der Waals surface area contributed by atoms with Gasteiger partial charge >= 0.3 is 0 Å². The summed E-state index contributed by atoms with van der Waals surface area (Å²) in [5.74, 6) is 2.78. The fourth-order valence-corrected chi connectivity index (χ4v) is 5.20. The molecule has 3 N–H and O–H groups in total. The van der Waals surface area contributed by atoms with Gasteiger partial charge in [0.25, 0.3) is 0 Å². The molecule has 7 heteroatoms. The monoisotopic (exact) mass is 380 g/mol. The Labute approximate surface area is 162 Å². The van der Waals surface area contributed by atoms with E-state index < -0.39 is 0 Å². The predicted octanol–water partition coefficient (Wildman–Crippen LogP) is 0.920. The van der Waals surface area contributed by atoms with E-state index in [1.165, 1.54) is 12.8 Å². The van der Waals surface area contributed by atoms with Gasteiger partial charge < -0.3 is 15.0 Å². The minimum atomic E-state index is 0.0722. The fourth-order valence-electron chi connectivity index (χ4n) is 5.20. The van der Waals surface area contributed by atoms with Crippen LogP contribution in [0.1, 0.15) is 39.5 Å². The smallest absolute Gasteiger partial charge is 0.225 e. The molecule has 0 saturated carbocycles. The highest BCUT2D eigenvalue weighted by atomic mass is 16.7. The van der Waals surface area contributed by atoms with Gasteiger partial charge in [-0.3, -0.25) is 14.9 Å². The molecular weight excluding hydrogens is 344 g/mol. The SMILES string of the molecule is CC(C)C(=O)N1CCC(C2NOC(C3CNCC(C4CCOC4)C3)N2)CC1. The van der Waals surface area contributed by atoms with Crippen LogP contribution in [0.3, 0.4) is 0 Å². The maximum atomic E-state index is 12.2. The minimum Gasteiger partial charge on any atom is -0.381 e. The number of piperidine rings is 2. The van der Waals surface area contributed by atoms with Crippen LogP contribution in [0.25, 0.3) is 0 Å². The highest BCUT2D eigenvalue weighted by molar-refractivity contribution is 5.78. The number of nitrogens with one attached hydrogen (secondary N) is 3. The van der Waals surface area contributed by atoms with Crippen molar-refractivity contribution < 1.29 is 14.4 Å².